The highest BCUT2D eigenvalue weighted by molar-refractivity contribution is 9.10. The van der Waals surface area contributed by atoms with Gasteiger partial charge in [0.25, 0.3) is 0 Å². The molecule has 0 amide bonds. The Morgan fingerprint density at radius 3 is 2.79 bits per heavy atom. The van der Waals surface area contributed by atoms with E-state index in [1.165, 1.54) is 31.7 Å². The minimum atomic E-state index is -0.353. The van der Waals surface area contributed by atoms with Crippen molar-refractivity contribution in [3.8, 4) is 0 Å². The maximum atomic E-state index is 13.5. The van der Waals surface area contributed by atoms with Crippen molar-refractivity contribution < 1.29 is 9.50 Å². The smallest absolute Gasteiger partial charge is 0.139 e. The number of hydrogen-bond donors (Lipinski definition) is 2. The fourth-order valence-corrected chi connectivity index (χ4v) is 3.24. The molecule has 0 radical (unpaired) electrons. The fraction of sp³-hybridized carbons (Fsp3) is 0.600. The van der Waals surface area contributed by atoms with Gasteiger partial charge in [-0.05, 0) is 52.9 Å². The van der Waals surface area contributed by atoms with Crippen LogP contribution in [0.1, 0.15) is 37.7 Å². The molecule has 0 aromatic heterocycles. The lowest BCUT2D eigenvalue weighted by atomic mass is 10.00. The van der Waals surface area contributed by atoms with Gasteiger partial charge in [0.2, 0.25) is 0 Å². The highest BCUT2D eigenvalue weighted by Gasteiger charge is 2.18. The summed E-state index contributed by atoms with van der Waals surface area (Å²) in [6.45, 7) is 2.41. The molecule has 1 fully saturated rings. The van der Waals surface area contributed by atoms with E-state index in [0.717, 1.165) is 17.7 Å². The second-order valence-corrected chi connectivity index (χ2v) is 6.36. The van der Waals surface area contributed by atoms with E-state index in [1.54, 1.807) is 6.07 Å². The number of benzene rings is 1. The number of rotatable bonds is 5. The highest BCUT2D eigenvalue weighted by Crippen LogP contribution is 2.29. The first-order chi connectivity index (χ1) is 9.06. The minimum Gasteiger partial charge on any atom is -0.391 e. The van der Waals surface area contributed by atoms with E-state index in [9.17, 15) is 9.50 Å². The second-order valence-electron chi connectivity index (χ2n) is 5.50. The van der Waals surface area contributed by atoms with Crippen LogP contribution in [0, 0.1) is 18.7 Å². The van der Waals surface area contributed by atoms with Crippen molar-refractivity contribution in [2.45, 2.75) is 45.1 Å². The number of halogens is 2. The predicted octanol–water partition coefficient (Wildman–Crippen LogP) is 4.25. The van der Waals surface area contributed by atoms with Crippen LogP contribution in [0.2, 0.25) is 0 Å². The predicted molar refractivity (Wildman–Crippen MR) is 79.9 cm³/mol. The Hall–Kier alpha value is -0.610. The van der Waals surface area contributed by atoms with Crippen molar-refractivity contribution in [1.82, 2.24) is 0 Å². The summed E-state index contributed by atoms with van der Waals surface area (Å²) in [6.07, 6.45) is 5.56. The molecule has 0 aliphatic heterocycles. The number of hydrogen-bond acceptors (Lipinski definition) is 2. The molecule has 1 unspecified atom stereocenters. The van der Waals surface area contributed by atoms with E-state index in [-0.39, 0.29) is 11.9 Å². The van der Waals surface area contributed by atoms with E-state index in [0.29, 0.717) is 16.9 Å². The molecule has 1 atom stereocenters. The van der Waals surface area contributed by atoms with Gasteiger partial charge in [-0.2, -0.15) is 0 Å². The second kappa shape index (κ2) is 6.71. The molecule has 2 nitrogen and oxygen atoms in total. The normalized spacial score (nSPS) is 17.7. The van der Waals surface area contributed by atoms with Gasteiger partial charge in [-0.3, -0.25) is 0 Å². The van der Waals surface area contributed by atoms with Crippen molar-refractivity contribution in [2.75, 3.05) is 11.9 Å². The van der Waals surface area contributed by atoms with Crippen LogP contribution in [0.25, 0.3) is 0 Å². The summed E-state index contributed by atoms with van der Waals surface area (Å²) >= 11 is 3.17. The molecule has 1 saturated carbocycles. The molecule has 1 aromatic rings. The van der Waals surface area contributed by atoms with Crippen LogP contribution in [0.3, 0.4) is 0 Å². The number of aliphatic hydroxyl groups excluding tert-OH is 1. The minimum absolute atomic E-state index is 0.279. The van der Waals surface area contributed by atoms with Crippen LogP contribution in [-0.2, 0) is 0 Å². The molecule has 1 aliphatic carbocycles. The molecule has 1 aromatic carbocycles. The maximum Gasteiger partial charge on any atom is 0.139 e. The standard InChI is InChI=1S/C15H21BrFNO/c1-10-6-13(16)14(17)8-15(10)18-9-12(19)7-11-4-2-3-5-11/h6,8,11-12,18-19H,2-5,7,9H2,1H3. The van der Waals surface area contributed by atoms with E-state index in [4.69, 9.17) is 0 Å². The van der Waals surface area contributed by atoms with Crippen molar-refractivity contribution >= 4 is 21.6 Å². The first-order valence-electron chi connectivity index (χ1n) is 6.94. The van der Waals surface area contributed by atoms with Gasteiger partial charge in [-0.25, -0.2) is 4.39 Å². The number of aliphatic hydroxyl groups is 1. The molecule has 19 heavy (non-hydrogen) atoms. The molecule has 2 N–H and O–H groups in total. The van der Waals surface area contributed by atoms with Crippen molar-refractivity contribution in [1.29, 1.82) is 0 Å². The molecule has 0 saturated heterocycles. The van der Waals surface area contributed by atoms with Crippen LogP contribution < -0.4 is 5.32 Å². The topological polar surface area (TPSA) is 32.3 Å². The highest BCUT2D eigenvalue weighted by atomic mass is 79.9. The molecule has 2 rings (SSSR count). The van der Waals surface area contributed by atoms with Crippen LogP contribution in [-0.4, -0.2) is 17.8 Å². The lowest BCUT2D eigenvalue weighted by Crippen LogP contribution is -2.22. The molecular formula is C15H21BrFNO. The molecule has 0 bridgehead atoms. The lowest BCUT2D eigenvalue weighted by Gasteiger charge is -2.17. The lowest BCUT2D eigenvalue weighted by molar-refractivity contribution is 0.155. The average molecular weight is 330 g/mol. The summed E-state index contributed by atoms with van der Waals surface area (Å²) in [5, 5.41) is 13.2. The van der Waals surface area contributed by atoms with Gasteiger partial charge >= 0.3 is 0 Å². The zero-order chi connectivity index (χ0) is 13.8. The fourth-order valence-electron chi connectivity index (χ4n) is 2.78. The first-order valence-corrected chi connectivity index (χ1v) is 7.73. The molecule has 1 aliphatic rings. The SMILES string of the molecule is Cc1cc(Br)c(F)cc1NCC(O)CC1CCCC1. The molecule has 106 valence electrons. The largest absolute Gasteiger partial charge is 0.391 e. The van der Waals surface area contributed by atoms with Gasteiger partial charge < -0.3 is 10.4 Å². The van der Waals surface area contributed by atoms with Gasteiger partial charge in [0.15, 0.2) is 0 Å². The zero-order valence-electron chi connectivity index (χ0n) is 11.3. The van der Waals surface area contributed by atoms with E-state index in [1.807, 2.05) is 6.92 Å². The summed E-state index contributed by atoms with van der Waals surface area (Å²) in [5.74, 6) is 0.387. The Bertz CT molecular complexity index is 432. The number of aryl methyl sites for hydroxylation is 1. The average Bonchev–Trinajstić information content (AvgIpc) is 2.85. The Balaban J connectivity index is 1.85. The zero-order valence-corrected chi connectivity index (χ0v) is 12.8. The van der Waals surface area contributed by atoms with E-state index in [2.05, 4.69) is 21.2 Å². The van der Waals surface area contributed by atoms with Crippen LogP contribution in [0.5, 0.6) is 0 Å². The molecular weight excluding hydrogens is 309 g/mol. The van der Waals surface area contributed by atoms with Crippen LogP contribution in [0.4, 0.5) is 10.1 Å². The number of nitrogens with one attached hydrogen (secondary N) is 1. The third-order valence-corrected chi connectivity index (χ3v) is 4.48. The van der Waals surface area contributed by atoms with E-state index < -0.39 is 0 Å². The van der Waals surface area contributed by atoms with Gasteiger partial charge in [0.05, 0.1) is 10.6 Å². The quantitative estimate of drug-likeness (QED) is 0.846. The van der Waals surface area contributed by atoms with Crippen molar-refractivity contribution in [3.05, 3.63) is 28.0 Å². The van der Waals surface area contributed by atoms with Gasteiger partial charge in [-0.1, -0.05) is 25.7 Å². The van der Waals surface area contributed by atoms with Gasteiger partial charge in [0.1, 0.15) is 5.82 Å². The monoisotopic (exact) mass is 329 g/mol. The van der Waals surface area contributed by atoms with Crippen molar-refractivity contribution in [2.24, 2.45) is 5.92 Å². The summed E-state index contributed by atoms with van der Waals surface area (Å²) in [5.41, 5.74) is 1.73. The van der Waals surface area contributed by atoms with Gasteiger partial charge in [-0.15, -0.1) is 0 Å². The first kappa shape index (κ1) is 14.8. The summed E-state index contributed by atoms with van der Waals surface area (Å²) in [4.78, 5) is 0. The third-order valence-electron chi connectivity index (χ3n) is 3.88. The summed E-state index contributed by atoms with van der Waals surface area (Å²) in [6, 6.07) is 3.22. The Morgan fingerprint density at radius 2 is 2.11 bits per heavy atom. The maximum absolute atomic E-state index is 13.5. The summed E-state index contributed by atoms with van der Waals surface area (Å²) in [7, 11) is 0. The number of anilines is 1. The van der Waals surface area contributed by atoms with Crippen LogP contribution >= 0.6 is 15.9 Å². The Labute approximate surface area is 122 Å². The van der Waals surface area contributed by atoms with Gasteiger partial charge in [0, 0.05) is 12.2 Å². The molecule has 0 spiro atoms. The Kier molecular flexibility index (Phi) is 5.22. The summed E-state index contributed by atoms with van der Waals surface area (Å²) < 4.78 is 13.9. The molecule has 0 heterocycles. The third kappa shape index (κ3) is 4.18. The van der Waals surface area contributed by atoms with E-state index >= 15 is 0 Å². The van der Waals surface area contributed by atoms with Crippen LogP contribution in [0.15, 0.2) is 16.6 Å². The molecule has 4 heteroatoms. The van der Waals surface area contributed by atoms with Crippen molar-refractivity contribution in [3.63, 3.8) is 0 Å². The Morgan fingerprint density at radius 1 is 1.42 bits per heavy atom.